The van der Waals surface area contributed by atoms with E-state index in [1.165, 1.54) is 18.2 Å². The van der Waals surface area contributed by atoms with Crippen LogP contribution in [0.25, 0.3) is 6.08 Å². The van der Waals surface area contributed by atoms with Gasteiger partial charge in [0.15, 0.2) is 0 Å². The van der Waals surface area contributed by atoms with Crippen LogP contribution in [0.5, 0.6) is 0 Å². The maximum absolute atomic E-state index is 12.9. The van der Waals surface area contributed by atoms with Gasteiger partial charge < -0.3 is 5.11 Å². The summed E-state index contributed by atoms with van der Waals surface area (Å²) >= 11 is 0. The molecule has 0 atom stereocenters. The first-order chi connectivity index (χ1) is 8.30. The molecule has 0 radical (unpaired) electrons. The topological polar surface area (TPSA) is 37.3 Å². The Hall–Kier alpha value is -1.85. The standard InChI is InChI=1S/C12H10F4O2/c13-10-6-5-8(3-1-2-4-11(17)18)7-9(10)12(14,15)16/h1,3,5-7H,2,4H2,(H,17,18). The Labute approximate surface area is 101 Å². The number of hydrogen-bond donors (Lipinski definition) is 1. The molecule has 2 nitrogen and oxygen atoms in total. The SMILES string of the molecule is O=C(O)CCC=Cc1ccc(F)c(C(F)(F)F)c1. The molecule has 1 aromatic rings. The Bertz CT molecular complexity index is 464. The molecular formula is C12H10F4O2. The van der Waals surface area contributed by atoms with Crippen LogP contribution < -0.4 is 0 Å². The highest BCUT2D eigenvalue weighted by molar-refractivity contribution is 5.67. The van der Waals surface area contributed by atoms with Gasteiger partial charge >= 0.3 is 12.1 Å². The monoisotopic (exact) mass is 262 g/mol. The first-order valence-corrected chi connectivity index (χ1v) is 5.06. The summed E-state index contributed by atoms with van der Waals surface area (Å²) < 4.78 is 50.1. The van der Waals surface area contributed by atoms with Gasteiger partial charge in [-0.2, -0.15) is 13.2 Å². The van der Waals surface area contributed by atoms with Crippen LogP contribution in [0, 0.1) is 5.82 Å². The van der Waals surface area contributed by atoms with Crippen molar-refractivity contribution in [3.8, 4) is 0 Å². The lowest BCUT2D eigenvalue weighted by Gasteiger charge is -2.08. The zero-order valence-corrected chi connectivity index (χ0v) is 9.17. The fourth-order valence-electron chi connectivity index (χ4n) is 1.29. The Morgan fingerprint density at radius 3 is 2.56 bits per heavy atom. The van der Waals surface area contributed by atoms with Crippen LogP contribution >= 0.6 is 0 Å². The number of carbonyl (C=O) groups is 1. The number of alkyl halides is 3. The Morgan fingerprint density at radius 2 is 2.00 bits per heavy atom. The lowest BCUT2D eigenvalue weighted by Crippen LogP contribution is -2.08. The quantitative estimate of drug-likeness (QED) is 0.839. The number of rotatable bonds is 4. The van der Waals surface area contributed by atoms with Crippen molar-refractivity contribution in [2.45, 2.75) is 19.0 Å². The summed E-state index contributed by atoms with van der Waals surface area (Å²) in [7, 11) is 0. The van der Waals surface area contributed by atoms with E-state index in [9.17, 15) is 22.4 Å². The smallest absolute Gasteiger partial charge is 0.419 e. The molecule has 0 spiro atoms. The number of benzene rings is 1. The van der Waals surface area contributed by atoms with Crippen LogP contribution in [0.15, 0.2) is 24.3 Å². The zero-order valence-electron chi connectivity index (χ0n) is 9.17. The van der Waals surface area contributed by atoms with E-state index in [2.05, 4.69) is 0 Å². The highest BCUT2D eigenvalue weighted by Gasteiger charge is 2.33. The summed E-state index contributed by atoms with van der Waals surface area (Å²) in [5.74, 6) is -2.32. The highest BCUT2D eigenvalue weighted by atomic mass is 19.4. The summed E-state index contributed by atoms with van der Waals surface area (Å²) in [6.45, 7) is 0. The van der Waals surface area contributed by atoms with Gasteiger partial charge in [-0.1, -0.05) is 18.2 Å². The van der Waals surface area contributed by atoms with E-state index in [0.29, 0.717) is 6.07 Å². The predicted octanol–water partition coefficient (Wildman–Crippen LogP) is 3.72. The summed E-state index contributed by atoms with van der Waals surface area (Å²) in [5.41, 5.74) is -1.16. The van der Waals surface area contributed by atoms with E-state index in [0.717, 1.165) is 6.07 Å². The average molecular weight is 262 g/mol. The number of carboxylic acids is 1. The van der Waals surface area contributed by atoms with Crippen LogP contribution in [0.3, 0.4) is 0 Å². The van der Waals surface area contributed by atoms with Crippen molar-refractivity contribution in [3.63, 3.8) is 0 Å². The average Bonchev–Trinajstić information content (AvgIpc) is 2.24. The number of carboxylic acid groups (broad SMARTS) is 1. The fourth-order valence-corrected chi connectivity index (χ4v) is 1.29. The molecule has 1 rings (SSSR count). The summed E-state index contributed by atoms with van der Waals surface area (Å²) in [6.07, 6.45) is -1.88. The van der Waals surface area contributed by atoms with Crippen molar-refractivity contribution >= 4 is 12.0 Å². The first kappa shape index (κ1) is 14.2. The van der Waals surface area contributed by atoms with Crippen LogP contribution in [0.4, 0.5) is 17.6 Å². The second kappa shape index (κ2) is 5.66. The highest BCUT2D eigenvalue weighted by Crippen LogP contribution is 2.32. The molecule has 18 heavy (non-hydrogen) atoms. The number of aliphatic carboxylic acids is 1. The second-order valence-electron chi connectivity index (χ2n) is 3.57. The number of allylic oxidation sites excluding steroid dienone is 1. The second-order valence-corrected chi connectivity index (χ2v) is 3.57. The molecule has 0 aromatic heterocycles. The van der Waals surface area contributed by atoms with Crippen LogP contribution in [-0.2, 0) is 11.0 Å². The van der Waals surface area contributed by atoms with Crippen LogP contribution in [-0.4, -0.2) is 11.1 Å². The van der Waals surface area contributed by atoms with E-state index < -0.39 is 23.5 Å². The molecule has 0 heterocycles. The minimum Gasteiger partial charge on any atom is -0.481 e. The van der Waals surface area contributed by atoms with E-state index in [1.54, 1.807) is 0 Å². The van der Waals surface area contributed by atoms with Crippen molar-refractivity contribution < 1.29 is 27.5 Å². The molecular weight excluding hydrogens is 252 g/mol. The minimum atomic E-state index is -4.74. The van der Waals surface area contributed by atoms with Gasteiger partial charge in [-0.3, -0.25) is 4.79 Å². The van der Waals surface area contributed by atoms with E-state index in [1.807, 2.05) is 0 Å². The van der Waals surface area contributed by atoms with Gasteiger partial charge in [0.25, 0.3) is 0 Å². The van der Waals surface area contributed by atoms with Crippen LogP contribution in [0.2, 0.25) is 0 Å². The fraction of sp³-hybridized carbons (Fsp3) is 0.250. The predicted molar refractivity (Wildman–Crippen MR) is 57.3 cm³/mol. The van der Waals surface area contributed by atoms with Gasteiger partial charge in [0.05, 0.1) is 5.56 Å². The molecule has 0 bridgehead atoms. The molecule has 0 aliphatic rings. The number of halogens is 4. The lowest BCUT2D eigenvalue weighted by molar-refractivity contribution is -0.140. The maximum atomic E-state index is 12.9. The molecule has 0 amide bonds. The molecule has 0 saturated carbocycles. The lowest BCUT2D eigenvalue weighted by atomic mass is 10.1. The normalized spacial score (nSPS) is 12.0. The van der Waals surface area contributed by atoms with E-state index in [4.69, 9.17) is 5.11 Å². The molecule has 0 unspecified atom stereocenters. The third kappa shape index (κ3) is 4.20. The third-order valence-corrected chi connectivity index (χ3v) is 2.13. The third-order valence-electron chi connectivity index (χ3n) is 2.13. The maximum Gasteiger partial charge on any atom is 0.419 e. The van der Waals surface area contributed by atoms with Gasteiger partial charge in [-0.15, -0.1) is 0 Å². The zero-order chi connectivity index (χ0) is 13.8. The van der Waals surface area contributed by atoms with Gasteiger partial charge in [-0.25, -0.2) is 4.39 Å². The molecule has 1 aromatic carbocycles. The van der Waals surface area contributed by atoms with Crippen LogP contribution in [0.1, 0.15) is 24.0 Å². The van der Waals surface area contributed by atoms with E-state index in [-0.39, 0.29) is 18.4 Å². The van der Waals surface area contributed by atoms with Crippen molar-refractivity contribution in [1.82, 2.24) is 0 Å². The summed E-state index contributed by atoms with van der Waals surface area (Å²) in [4.78, 5) is 10.2. The number of hydrogen-bond acceptors (Lipinski definition) is 1. The largest absolute Gasteiger partial charge is 0.481 e. The molecule has 0 aliphatic carbocycles. The Morgan fingerprint density at radius 1 is 1.33 bits per heavy atom. The van der Waals surface area contributed by atoms with Crippen molar-refractivity contribution in [2.75, 3.05) is 0 Å². The van der Waals surface area contributed by atoms with E-state index >= 15 is 0 Å². The minimum absolute atomic E-state index is 0.107. The molecule has 1 N–H and O–H groups in total. The van der Waals surface area contributed by atoms with Crippen molar-refractivity contribution in [2.24, 2.45) is 0 Å². The molecule has 0 fully saturated rings. The van der Waals surface area contributed by atoms with Gasteiger partial charge in [-0.05, 0) is 24.1 Å². The van der Waals surface area contributed by atoms with Crippen molar-refractivity contribution in [3.05, 3.63) is 41.2 Å². The van der Waals surface area contributed by atoms with Gasteiger partial charge in [0.1, 0.15) is 5.82 Å². The Balaban J connectivity index is 2.83. The molecule has 98 valence electrons. The molecule has 0 saturated heterocycles. The summed E-state index contributed by atoms with van der Waals surface area (Å²) in [6, 6.07) is 2.62. The van der Waals surface area contributed by atoms with Gasteiger partial charge in [0, 0.05) is 6.42 Å². The summed E-state index contributed by atoms with van der Waals surface area (Å²) in [5, 5.41) is 8.37. The first-order valence-electron chi connectivity index (χ1n) is 5.06. The Kier molecular flexibility index (Phi) is 4.47. The van der Waals surface area contributed by atoms with Gasteiger partial charge in [0.2, 0.25) is 0 Å². The van der Waals surface area contributed by atoms with Crippen molar-refractivity contribution in [1.29, 1.82) is 0 Å². The molecule has 6 heteroatoms. The molecule has 0 aliphatic heterocycles.